The van der Waals surface area contributed by atoms with Gasteiger partial charge in [0.25, 0.3) is 0 Å². The largest absolute Gasteiger partial charge is 0.282 e. The molecule has 6 nitrogen and oxygen atoms in total. The van der Waals surface area contributed by atoms with Crippen LogP contribution in [0.25, 0.3) is 5.57 Å². The fourth-order valence-electron chi connectivity index (χ4n) is 9.18. The molecule has 4 unspecified atom stereocenters. The fourth-order valence-corrected chi connectivity index (χ4v) is 9.18. The predicted molar refractivity (Wildman–Crippen MR) is 180 cm³/mol. The lowest BCUT2D eigenvalue weighted by Crippen LogP contribution is -2.61. The Morgan fingerprint density at radius 2 is 0.957 bits per heavy atom. The second-order valence-corrected chi connectivity index (χ2v) is 14.0. The lowest BCUT2D eigenvalue weighted by molar-refractivity contribution is -0.140. The summed E-state index contributed by atoms with van der Waals surface area (Å²) in [6.45, 7) is 5.18. The molecule has 2 saturated heterocycles. The van der Waals surface area contributed by atoms with E-state index < -0.39 is 35.0 Å². The second-order valence-electron chi connectivity index (χ2n) is 14.0. The molecule has 1 saturated carbocycles. The minimum Gasteiger partial charge on any atom is -0.282 e. The third-order valence-corrected chi connectivity index (χ3v) is 11.3. The van der Waals surface area contributed by atoms with Crippen molar-refractivity contribution in [2.24, 2.45) is 29.6 Å². The van der Waals surface area contributed by atoms with Gasteiger partial charge in [-0.25, -0.2) is 0 Å². The molecule has 0 N–H and O–H groups in total. The summed E-state index contributed by atoms with van der Waals surface area (Å²) in [7, 11) is 0. The molecule has 4 atom stereocenters. The number of likely N-dealkylation sites (tertiary alicyclic amines) is 2. The summed E-state index contributed by atoms with van der Waals surface area (Å²) in [5, 5.41) is 0. The van der Waals surface area contributed by atoms with E-state index in [4.69, 9.17) is 0 Å². The molecule has 3 fully saturated rings. The lowest BCUT2D eigenvalue weighted by atomic mass is 9.43. The first-order valence-corrected chi connectivity index (χ1v) is 18.0. The molecule has 2 bridgehead atoms. The van der Waals surface area contributed by atoms with Crippen molar-refractivity contribution in [2.75, 3.05) is 13.1 Å². The molecule has 6 heteroatoms. The van der Waals surface area contributed by atoms with Gasteiger partial charge >= 0.3 is 0 Å². The third kappa shape index (κ3) is 5.46. The average molecular weight is 623 g/mol. The van der Waals surface area contributed by atoms with Crippen LogP contribution in [-0.4, -0.2) is 46.5 Å². The van der Waals surface area contributed by atoms with E-state index in [1.807, 2.05) is 60.7 Å². The van der Waals surface area contributed by atoms with Gasteiger partial charge in [-0.15, -0.1) is 0 Å². The molecular weight excluding hydrogens is 572 g/mol. The van der Waals surface area contributed by atoms with E-state index >= 15 is 0 Å². The minimum absolute atomic E-state index is 0.163. The predicted octanol–water partition coefficient (Wildman–Crippen LogP) is 7.57. The van der Waals surface area contributed by atoms with E-state index in [9.17, 15) is 19.2 Å². The van der Waals surface area contributed by atoms with Crippen LogP contribution in [0, 0.1) is 29.6 Å². The highest BCUT2D eigenvalue weighted by Gasteiger charge is 2.76. The van der Waals surface area contributed by atoms with Crippen LogP contribution >= 0.6 is 0 Å². The summed E-state index contributed by atoms with van der Waals surface area (Å²) in [4.78, 5) is 61.0. The summed E-state index contributed by atoms with van der Waals surface area (Å²) in [6, 6.07) is 19.8. The molecule has 0 radical (unpaired) electrons. The topological polar surface area (TPSA) is 74.8 Å². The summed E-state index contributed by atoms with van der Waals surface area (Å²) in [6.07, 6.45) is 14.9. The first-order valence-electron chi connectivity index (χ1n) is 18.0. The number of benzene rings is 2. The maximum atomic E-state index is 14.5. The second kappa shape index (κ2) is 14.1. The molecule has 3 aliphatic carbocycles. The number of imide groups is 2. The molecule has 46 heavy (non-hydrogen) atoms. The zero-order valence-corrected chi connectivity index (χ0v) is 27.7. The molecule has 7 rings (SSSR count). The van der Waals surface area contributed by atoms with Crippen molar-refractivity contribution in [1.29, 1.82) is 0 Å². The van der Waals surface area contributed by atoms with Crippen molar-refractivity contribution in [3.8, 4) is 0 Å². The molecule has 5 aliphatic rings. The van der Waals surface area contributed by atoms with Gasteiger partial charge < -0.3 is 0 Å². The molecule has 2 aromatic rings. The Labute approximate surface area is 274 Å². The molecule has 4 amide bonds. The van der Waals surface area contributed by atoms with E-state index in [2.05, 4.69) is 19.9 Å². The molecule has 0 aromatic heterocycles. The minimum atomic E-state index is -1.08. The number of unbranched alkanes of at least 4 members (excludes halogenated alkanes) is 10. The number of nitrogens with zero attached hydrogens (tertiary/aromatic N) is 2. The van der Waals surface area contributed by atoms with Crippen LogP contribution in [0.3, 0.4) is 0 Å². The van der Waals surface area contributed by atoms with Crippen molar-refractivity contribution in [3.05, 3.63) is 77.9 Å². The quantitative estimate of drug-likeness (QED) is 0.143. The molecular formula is C40H50N2O4. The summed E-state index contributed by atoms with van der Waals surface area (Å²) >= 11 is 0. The Morgan fingerprint density at radius 3 is 1.43 bits per heavy atom. The lowest BCUT2D eigenvalue weighted by Gasteiger charge is -2.55. The number of hydrogen-bond acceptors (Lipinski definition) is 4. The first-order chi connectivity index (χ1) is 22.5. The Balaban J connectivity index is 1.40. The smallest absolute Gasteiger partial charge is 0.234 e. The summed E-state index contributed by atoms with van der Waals surface area (Å²) in [5.74, 6) is -3.92. The monoisotopic (exact) mass is 622 g/mol. The normalized spacial score (nSPS) is 28.2. The SMILES string of the molecule is CCCCCCCCN1C(=O)C2C3C(c4ccccc4)=CC(c4ccccc4)(C2C1=O)C1C(=O)N(CCCCCCCC)C(=O)C31. The van der Waals surface area contributed by atoms with Crippen LogP contribution in [-0.2, 0) is 24.6 Å². The molecule has 244 valence electrons. The van der Waals surface area contributed by atoms with Gasteiger partial charge in [0.1, 0.15) is 0 Å². The van der Waals surface area contributed by atoms with E-state index in [-0.39, 0.29) is 23.6 Å². The number of carbonyl (C=O) groups excluding carboxylic acids is 4. The Hall–Kier alpha value is -3.54. The van der Waals surface area contributed by atoms with Crippen LogP contribution in [0.1, 0.15) is 102 Å². The van der Waals surface area contributed by atoms with Crippen molar-refractivity contribution >= 4 is 29.2 Å². The number of hydrogen-bond donors (Lipinski definition) is 0. The van der Waals surface area contributed by atoms with Gasteiger partial charge in [-0.05, 0) is 29.5 Å². The summed E-state index contributed by atoms with van der Waals surface area (Å²) in [5.41, 5.74) is 1.64. The van der Waals surface area contributed by atoms with Crippen LogP contribution in [0.4, 0.5) is 0 Å². The average Bonchev–Trinajstić information content (AvgIpc) is 3.50. The highest BCUT2D eigenvalue weighted by Crippen LogP contribution is 2.67. The van der Waals surface area contributed by atoms with Crippen molar-refractivity contribution in [2.45, 2.75) is 96.3 Å². The van der Waals surface area contributed by atoms with E-state index in [1.165, 1.54) is 35.5 Å². The maximum absolute atomic E-state index is 14.5. The van der Waals surface area contributed by atoms with E-state index in [1.54, 1.807) is 0 Å². The van der Waals surface area contributed by atoms with Crippen LogP contribution in [0.2, 0.25) is 0 Å². The number of allylic oxidation sites excluding steroid dienone is 2. The highest BCUT2D eigenvalue weighted by atomic mass is 16.2. The number of amides is 4. The zero-order valence-electron chi connectivity index (χ0n) is 27.7. The van der Waals surface area contributed by atoms with Gasteiger partial charge in [0, 0.05) is 24.4 Å². The van der Waals surface area contributed by atoms with Gasteiger partial charge in [-0.3, -0.25) is 29.0 Å². The molecule has 2 heterocycles. The Kier molecular flexibility index (Phi) is 9.91. The van der Waals surface area contributed by atoms with Gasteiger partial charge in [0.15, 0.2) is 0 Å². The molecule has 2 aliphatic heterocycles. The van der Waals surface area contributed by atoms with Crippen molar-refractivity contribution in [1.82, 2.24) is 9.80 Å². The standard InChI is InChI=1S/C40H50N2O4/c1-3-5-7-9-11-19-25-41-36(43)32-31-30(28-21-15-13-16-22-28)27-40(34(32)38(41)45,29-23-17-14-18-24-29)35-33(31)37(44)42(39(35)46)26-20-12-10-8-6-4-2/h13-18,21-24,27,31-35H,3-12,19-20,25-26H2,1-2H3. The third-order valence-electron chi connectivity index (χ3n) is 11.3. The Bertz CT molecular complexity index is 1390. The van der Waals surface area contributed by atoms with Crippen LogP contribution in [0.5, 0.6) is 0 Å². The van der Waals surface area contributed by atoms with Crippen LogP contribution < -0.4 is 0 Å². The first kappa shape index (κ1) is 32.4. The number of carbonyl (C=O) groups is 4. The van der Waals surface area contributed by atoms with Crippen LogP contribution in [0.15, 0.2) is 66.7 Å². The molecule has 2 aromatic carbocycles. The zero-order chi connectivity index (χ0) is 32.3. The van der Waals surface area contributed by atoms with E-state index in [0.717, 1.165) is 68.1 Å². The highest BCUT2D eigenvalue weighted by molar-refractivity contribution is 6.14. The van der Waals surface area contributed by atoms with E-state index in [0.29, 0.717) is 13.1 Å². The van der Waals surface area contributed by atoms with Gasteiger partial charge in [0.2, 0.25) is 23.6 Å². The molecule has 0 spiro atoms. The number of rotatable bonds is 16. The van der Waals surface area contributed by atoms with Crippen molar-refractivity contribution in [3.63, 3.8) is 0 Å². The maximum Gasteiger partial charge on any atom is 0.234 e. The van der Waals surface area contributed by atoms with Gasteiger partial charge in [-0.1, -0.05) is 145 Å². The van der Waals surface area contributed by atoms with Gasteiger partial charge in [0.05, 0.1) is 23.7 Å². The fraction of sp³-hybridized carbons (Fsp3) is 0.550. The summed E-state index contributed by atoms with van der Waals surface area (Å²) < 4.78 is 0. The Morgan fingerprint density at radius 1 is 0.522 bits per heavy atom. The van der Waals surface area contributed by atoms with Gasteiger partial charge in [-0.2, -0.15) is 0 Å². The van der Waals surface area contributed by atoms with Crippen molar-refractivity contribution < 1.29 is 19.2 Å².